The quantitative estimate of drug-likeness (QED) is 0.540. The van der Waals surface area contributed by atoms with Gasteiger partial charge in [-0.25, -0.2) is 15.0 Å². The molecule has 0 N–H and O–H groups in total. The summed E-state index contributed by atoms with van der Waals surface area (Å²) in [5.41, 5.74) is 2.75. The highest BCUT2D eigenvalue weighted by atomic mass is 35.5. The molecule has 0 spiro atoms. The van der Waals surface area contributed by atoms with Crippen LogP contribution in [0.15, 0.2) is 52.4 Å². The van der Waals surface area contributed by atoms with Gasteiger partial charge in [0.2, 0.25) is 5.89 Å². The van der Waals surface area contributed by atoms with Crippen molar-refractivity contribution in [3.8, 4) is 0 Å². The highest BCUT2D eigenvalue weighted by Gasteiger charge is 2.11. The van der Waals surface area contributed by atoms with Gasteiger partial charge in [-0.2, -0.15) is 0 Å². The molecule has 0 saturated heterocycles. The lowest BCUT2D eigenvalue weighted by Crippen LogP contribution is -2.22. The van der Waals surface area contributed by atoms with E-state index in [-0.39, 0.29) is 12.1 Å². The molecule has 1 aromatic carbocycles. The highest BCUT2D eigenvalue weighted by Crippen LogP contribution is 2.13. The molecule has 0 saturated carbocycles. The lowest BCUT2D eigenvalue weighted by molar-refractivity contribution is 0.473. The van der Waals surface area contributed by atoms with Gasteiger partial charge in [-0.1, -0.05) is 23.7 Å². The second kappa shape index (κ2) is 6.76. The molecule has 3 aromatic heterocycles. The van der Waals surface area contributed by atoms with Crippen LogP contribution in [-0.2, 0) is 26.4 Å². The van der Waals surface area contributed by atoms with E-state index in [1.54, 1.807) is 24.2 Å². The van der Waals surface area contributed by atoms with E-state index in [1.807, 2.05) is 24.3 Å². The Morgan fingerprint density at radius 2 is 1.88 bits per heavy atom. The lowest BCUT2D eigenvalue weighted by Gasteiger charge is -2.02. The molecule has 4 rings (SSSR count). The summed E-state index contributed by atoms with van der Waals surface area (Å²) in [6, 6.07) is 7.74. The minimum Gasteiger partial charge on any atom is -0.447 e. The smallest absolute Gasteiger partial charge is 0.280 e. The summed E-state index contributed by atoms with van der Waals surface area (Å²) in [4.78, 5) is 25.3. The normalized spacial score (nSPS) is 11.3. The van der Waals surface area contributed by atoms with Crippen LogP contribution in [0.4, 0.5) is 0 Å². The van der Waals surface area contributed by atoms with E-state index < -0.39 is 0 Å². The van der Waals surface area contributed by atoms with Crippen molar-refractivity contribution in [2.45, 2.75) is 19.4 Å². The molecule has 0 unspecified atom stereocenters. The number of rotatable bonds is 5. The molecule has 0 aliphatic carbocycles. The Hall–Kier alpha value is -2.93. The summed E-state index contributed by atoms with van der Waals surface area (Å²) in [6.07, 6.45) is 6.26. The van der Waals surface area contributed by atoms with Crippen LogP contribution >= 0.6 is 11.6 Å². The zero-order valence-corrected chi connectivity index (χ0v) is 14.8. The largest absolute Gasteiger partial charge is 0.447 e. The number of fused-ring (bicyclic) bond motifs is 1. The van der Waals surface area contributed by atoms with Gasteiger partial charge >= 0.3 is 0 Å². The number of nitrogens with zero attached hydrogens (tertiary/aromatic N) is 5. The maximum Gasteiger partial charge on any atom is 0.280 e. The van der Waals surface area contributed by atoms with Crippen molar-refractivity contribution >= 4 is 22.8 Å². The van der Waals surface area contributed by atoms with Crippen LogP contribution in [0.1, 0.15) is 17.1 Å². The fourth-order valence-corrected chi connectivity index (χ4v) is 2.92. The van der Waals surface area contributed by atoms with E-state index in [9.17, 15) is 4.79 Å². The molecule has 0 atom stereocenters. The van der Waals surface area contributed by atoms with Crippen molar-refractivity contribution in [1.29, 1.82) is 0 Å². The van der Waals surface area contributed by atoms with Crippen LogP contribution < -0.4 is 5.56 Å². The van der Waals surface area contributed by atoms with Gasteiger partial charge in [0.1, 0.15) is 19.1 Å². The average molecular weight is 370 g/mol. The molecule has 7 nitrogen and oxygen atoms in total. The molecule has 132 valence electrons. The molecular formula is C18H16ClN5O2. The molecule has 0 radical (unpaired) electrons. The van der Waals surface area contributed by atoms with E-state index in [4.69, 9.17) is 16.0 Å². The zero-order valence-electron chi connectivity index (χ0n) is 14.1. The molecule has 4 aromatic rings. The number of imidazole rings is 1. The topological polar surface area (TPSA) is 78.7 Å². The van der Waals surface area contributed by atoms with Gasteiger partial charge in [0.05, 0.1) is 12.0 Å². The SMILES string of the molecule is Cn1cnc2ncn(Cc3nc(CCc4ccc(Cl)cc4)co3)c(=O)c21. The molecule has 3 heterocycles. The first-order valence-corrected chi connectivity index (χ1v) is 8.52. The molecule has 0 aliphatic rings. The summed E-state index contributed by atoms with van der Waals surface area (Å²) < 4.78 is 8.64. The Labute approximate surface area is 153 Å². The molecule has 0 fully saturated rings. The van der Waals surface area contributed by atoms with Gasteiger partial charge in [-0.15, -0.1) is 0 Å². The first kappa shape index (κ1) is 16.5. The minimum absolute atomic E-state index is 0.170. The predicted octanol–water partition coefficient (Wildman–Crippen LogP) is 2.60. The number of oxazole rings is 1. The fraction of sp³-hybridized carbons (Fsp3) is 0.222. The Kier molecular flexibility index (Phi) is 4.30. The standard InChI is InChI=1S/C18H16ClN5O2/c1-23-10-20-17-16(23)18(25)24(11-21-17)8-15-22-14(9-26-15)7-4-12-2-5-13(19)6-3-12/h2-3,5-6,9-11H,4,7-8H2,1H3. The van der Waals surface area contributed by atoms with Gasteiger partial charge in [0.15, 0.2) is 11.2 Å². The second-order valence-corrected chi connectivity index (χ2v) is 6.50. The van der Waals surface area contributed by atoms with Crippen molar-refractivity contribution in [2.24, 2.45) is 7.05 Å². The molecule has 0 bridgehead atoms. The third-order valence-corrected chi connectivity index (χ3v) is 4.44. The third-order valence-electron chi connectivity index (χ3n) is 4.19. The zero-order chi connectivity index (χ0) is 18.1. The number of halogens is 1. The molecule has 0 aliphatic heterocycles. The van der Waals surface area contributed by atoms with E-state index in [0.29, 0.717) is 17.1 Å². The summed E-state index contributed by atoms with van der Waals surface area (Å²) in [6.45, 7) is 0.230. The second-order valence-electron chi connectivity index (χ2n) is 6.06. The van der Waals surface area contributed by atoms with Crippen LogP contribution in [0.3, 0.4) is 0 Å². The van der Waals surface area contributed by atoms with Crippen molar-refractivity contribution in [3.63, 3.8) is 0 Å². The van der Waals surface area contributed by atoms with Crippen LogP contribution in [0.5, 0.6) is 0 Å². The Bertz CT molecular complexity index is 1110. The first-order chi connectivity index (χ1) is 12.6. The maximum absolute atomic E-state index is 12.5. The number of aryl methyl sites for hydroxylation is 3. The van der Waals surface area contributed by atoms with Gasteiger partial charge in [0.25, 0.3) is 5.56 Å². The van der Waals surface area contributed by atoms with Gasteiger partial charge < -0.3 is 8.98 Å². The number of benzene rings is 1. The molecular weight excluding hydrogens is 354 g/mol. The van der Waals surface area contributed by atoms with Crippen molar-refractivity contribution in [2.75, 3.05) is 0 Å². The van der Waals surface area contributed by atoms with Crippen molar-refractivity contribution in [3.05, 3.63) is 75.7 Å². The maximum atomic E-state index is 12.5. The van der Waals surface area contributed by atoms with Gasteiger partial charge in [-0.3, -0.25) is 9.36 Å². The predicted molar refractivity (Wildman–Crippen MR) is 97.2 cm³/mol. The number of aromatic nitrogens is 5. The molecule has 0 amide bonds. The Morgan fingerprint density at radius 1 is 1.12 bits per heavy atom. The van der Waals surface area contributed by atoms with Crippen molar-refractivity contribution in [1.82, 2.24) is 24.1 Å². The Morgan fingerprint density at radius 3 is 2.69 bits per heavy atom. The summed E-state index contributed by atoms with van der Waals surface area (Å²) in [5, 5.41) is 0.724. The lowest BCUT2D eigenvalue weighted by atomic mass is 10.1. The van der Waals surface area contributed by atoms with Crippen LogP contribution in [-0.4, -0.2) is 24.1 Å². The van der Waals surface area contributed by atoms with Gasteiger partial charge in [-0.05, 0) is 30.5 Å². The van der Waals surface area contributed by atoms with E-state index in [1.165, 1.54) is 16.5 Å². The van der Waals surface area contributed by atoms with Crippen LogP contribution in [0, 0.1) is 0 Å². The van der Waals surface area contributed by atoms with E-state index >= 15 is 0 Å². The number of hydrogen-bond acceptors (Lipinski definition) is 5. The summed E-state index contributed by atoms with van der Waals surface area (Å²) >= 11 is 5.90. The van der Waals surface area contributed by atoms with Crippen molar-refractivity contribution < 1.29 is 4.42 Å². The minimum atomic E-state index is -0.170. The highest BCUT2D eigenvalue weighted by molar-refractivity contribution is 6.30. The summed E-state index contributed by atoms with van der Waals surface area (Å²) in [5.74, 6) is 0.474. The molecule has 8 heteroatoms. The van der Waals surface area contributed by atoms with E-state index in [0.717, 1.165) is 23.6 Å². The first-order valence-electron chi connectivity index (χ1n) is 8.14. The number of hydrogen-bond donors (Lipinski definition) is 0. The Balaban J connectivity index is 1.48. The summed E-state index contributed by atoms with van der Waals surface area (Å²) in [7, 11) is 1.77. The van der Waals surface area contributed by atoms with E-state index in [2.05, 4.69) is 15.0 Å². The van der Waals surface area contributed by atoms with Gasteiger partial charge in [0, 0.05) is 12.1 Å². The van der Waals surface area contributed by atoms with Crippen LogP contribution in [0.2, 0.25) is 5.02 Å². The monoisotopic (exact) mass is 369 g/mol. The average Bonchev–Trinajstić information content (AvgIpc) is 3.24. The fourth-order valence-electron chi connectivity index (χ4n) is 2.79. The molecule has 26 heavy (non-hydrogen) atoms. The third kappa shape index (κ3) is 3.25. The van der Waals surface area contributed by atoms with Crippen LogP contribution in [0.25, 0.3) is 11.2 Å².